The number of carbonyl (C=O) groups excluding carboxylic acids is 2. The number of nitrogens with zero attached hydrogens (tertiary/aromatic N) is 1. The lowest BCUT2D eigenvalue weighted by Crippen LogP contribution is -2.58. The van der Waals surface area contributed by atoms with Crippen LogP contribution < -0.4 is 10.6 Å². The van der Waals surface area contributed by atoms with Crippen LogP contribution >= 0.6 is 0 Å². The van der Waals surface area contributed by atoms with Gasteiger partial charge in [0.1, 0.15) is 11.6 Å². The molecule has 36 heavy (non-hydrogen) atoms. The maximum absolute atomic E-state index is 13.5. The molecule has 0 saturated heterocycles. The molecule has 0 bridgehead atoms. The zero-order valence-corrected chi connectivity index (χ0v) is 21.0. The van der Waals surface area contributed by atoms with Gasteiger partial charge in [-0.1, -0.05) is 20.8 Å². The molecule has 194 valence electrons. The van der Waals surface area contributed by atoms with Gasteiger partial charge in [-0.25, -0.2) is 8.78 Å². The van der Waals surface area contributed by atoms with Crippen LogP contribution in [0.5, 0.6) is 0 Å². The molecule has 1 unspecified atom stereocenters. The van der Waals surface area contributed by atoms with Crippen molar-refractivity contribution in [3.05, 3.63) is 65.5 Å². The highest BCUT2D eigenvalue weighted by Crippen LogP contribution is 2.55. The Kier molecular flexibility index (Phi) is 7.73. The SMILES string of the molecule is C[C@H]1[C@@H]2[C@@H](O)C([C@H](C)C(=O)NCc3cc(F)cc(F)c3)CC[C@@]2(C)CC[C@@H]1NC(=O)c1ccncc1. The zero-order valence-electron chi connectivity index (χ0n) is 21.0. The third-order valence-corrected chi connectivity index (χ3v) is 8.59. The lowest BCUT2D eigenvalue weighted by Gasteiger charge is -2.56. The van der Waals surface area contributed by atoms with E-state index in [1.54, 1.807) is 31.5 Å². The van der Waals surface area contributed by atoms with Gasteiger partial charge in [-0.05, 0) is 78.7 Å². The molecule has 6 nitrogen and oxygen atoms in total. The van der Waals surface area contributed by atoms with E-state index in [0.29, 0.717) is 11.1 Å². The largest absolute Gasteiger partial charge is 0.392 e. The summed E-state index contributed by atoms with van der Waals surface area (Å²) in [7, 11) is 0. The van der Waals surface area contributed by atoms with Crippen molar-refractivity contribution in [2.24, 2.45) is 29.1 Å². The van der Waals surface area contributed by atoms with Crippen molar-refractivity contribution in [1.82, 2.24) is 15.6 Å². The van der Waals surface area contributed by atoms with Crippen LogP contribution in [-0.4, -0.2) is 34.1 Å². The van der Waals surface area contributed by atoms with E-state index in [4.69, 9.17) is 0 Å². The first-order chi connectivity index (χ1) is 17.1. The zero-order chi connectivity index (χ0) is 26.0. The molecule has 8 heteroatoms. The summed E-state index contributed by atoms with van der Waals surface area (Å²) in [6.07, 6.45) is 5.80. The van der Waals surface area contributed by atoms with Crippen molar-refractivity contribution < 1.29 is 23.5 Å². The number of aromatic nitrogens is 1. The second kappa shape index (κ2) is 10.6. The number of pyridine rings is 1. The highest BCUT2D eigenvalue weighted by Gasteiger charge is 2.53. The molecule has 2 aromatic rings. The van der Waals surface area contributed by atoms with Gasteiger partial charge < -0.3 is 15.7 Å². The normalized spacial score (nSPS) is 30.7. The number of nitrogens with one attached hydrogen (secondary N) is 2. The Morgan fingerprint density at radius 3 is 2.44 bits per heavy atom. The Bertz CT molecular complexity index is 1080. The highest BCUT2D eigenvalue weighted by atomic mass is 19.1. The average molecular weight is 500 g/mol. The number of aliphatic hydroxyl groups excluding tert-OH is 1. The molecule has 1 aromatic heterocycles. The Hall–Kier alpha value is -2.87. The number of rotatable bonds is 6. The monoisotopic (exact) mass is 499 g/mol. The summed E-state index contributed by atoms with van der Waals surface area (Å²) in [5.41, 5.74) is 0.831. The first kappa shape index (κ1) is 26.2. The molecule has 2 saturated carbocycles. The molecule has 2 aliphatic carbocycles. The lowest BCUT2D eigenvalue weighted by molar-refractivity contribution is -0.142. The Morgan fingerprint density at radius 1 is 1.14 bits per heavy atom. The van der Waals surface area contributed by atoms with Crippen molar-refractivity contribution in [3.63, 3.8) is 0 Å². The number of benzene rings is 1. The van der Waals surface area contributed by atoms with E-state index >= 15 is 0 Å². The van der Waals surface area contributed by atoms with Gasteiger partial charge >= 0.3 is 0 Å². The van der Waals surface area contributed by atoms with Crippen LogP contribution in [0.25, 0.3) is 0 Å². The van der Waals surface area contributed by atoms with Crippen LogP contribution in [-0.2, 0) is 11.3 Å². The van der Waals surface area contributed by atoms with Crippen LogP contribution in [0, 0.1) is 40.7 Å². The Labute approximate surface area is 210 Å². The standard InChI is InChI=1S/C28H35F2N3O3/c1-16(26(35)32-15-18-12-20(29)14-21(30)13-18)22-4-8-28(3)9-5-23(17(2)24(28)25(22)34)33-27(36)19-6-10-31-11-7-19/h6-7,10-14,16-17,22-25,34H,4-5,8-9,15H2,1-3H3,(H,32,35)(H,33,36)/t16-,17+,22?,23-,24+,25-,28-/m0/s1. The van der Waals surface area contributed by atoms with Gasteiger partial charge in [0.05, 0.1) is 6.10 Å². The van der Waals surface area contributed by atoms with Gasteiger partial charge in [-0.3, -0.25) is 14.6 Å². The predicted octanol–water partition coefficient (Wildman–Crippen LogP) is 4.23. The predicted molar refractivity (Wildman–Crippen MR) is 132 cm³/mol. The minimum Gasteiger partial charge on any atom is -0.392 e. The number of amides is 2. The molecule has 0 aliphatic heterocycles. The minimum atomic E-state index is -0.702. The summed E-state index contributed by atoms with van der Waals surface area (Å²) < 4.78 is 27.0. The third-order valence-electron chi connectivity index (χ3n) is 8.59. The summed E-state index contributed by atoms with van der Waals surface area (Å²) in [6, 6.07) is 6.46. The van der Waals surface area contributed by atoms with Gasteiger partial charge in [-0.2, -0.15) is 0 Å². The molecule has 0 radical (unpaired) electrons. The minimum absolute atomic E-state index is 0.0152. The van der Waals surface area contributed by atoms with Crippen molar-refractivity contribution in [2.75, 3.05) is 0 Å². The molecular formula is C28H35F2N3O3. The molecule has 2 aliphatic rings. The first-order valence-corrected chi connectivity index (χ1v) is 12.7. The van der Waals surface area contributed by atoms with Gasteiger partial charge in [0, 0.05) is 42.5 Å². The van der Waals surface area contributed by atoms with E-state index in [2.05, 4.69) is 29.5 Å². The van der Waals surface area contributed by atoms with Gasteiger partial charge in [0.2, 0.25) is 5.91 Å². The molecule has 4 rings (SSSR count). The molecule has 7 atom stereocenters. The molecule has 2 amide bonds. The number of hydrogen-bond acceptors (Lipinski definition) is 4. The van der Waals surface area contributed by atoms with Crippen molar-refractivity contribution in [1.29, 1.82) is 0 Å². The van der Waals surface area contributed by atoms with Crippen LogP contribution in [0.15, 0.2) is 42.7 Å². The molecule has 1 heterocycles. The summed E-state index contributed by atoms with van der Waals surface area (Å²) in [6.45, 7) is 6.10. The molecule has 1 aromatic carbocycles. The fourth-order valence-corrected chi connectivity index (χ4v) is 6.51. The summed E-state index contributed by atoms with van der Waals surface area (Å²) in [5.74, 6) is -2.54. The number of halogens is 2. The summed E-state index contributed by atoms with van der Waals surface area (Å²) in [5, 5.41) is 17.5. The summed E-state index contributed by atoms with van der Waals surface area (Å²) in [4.78, 5) is 29.7. The lowest BCUT2D eigenvalue weighted by atomic mass is 9.51. The van der Waals surface area contributed by atoms with Gasteiger partial charge in [0.15, 0.2) is 0 Å². The van der Waals surface area contributed by atoms with Crippen LogP contribution in [0.4, 0.5) is 8.78 Å². The second-order valence-corrected chi connectivity index (χ2v) is 10.9. The fraction of sp³-hybridized carbons (Fsp3) is 0.536. The second-order valence-electron chi connectivity index (χ2n) is 10.9. The van der Waals surface area contributed by atoms with E-state index < -0.39 is 23.7 Å². The quantitative estimate of drug-likeness (QED) is 0.555. The van der Waals surface area contributed by atoms with E-state index in [1.165, 1.54) is 12.1 Å². The maximum atomic E-state index is 13.5. The number of carbonyl (C=O) groups is 2. The number of aliphatic hydroxyl groups is 1. The topological polar surface area (TPSA) is 91.3 Å². The number of fused-ring (bicyclic) bond motifs is 1. The molecule has 0 spiro atoms. The van der Waals surface area contributed by atoms with E-state index in [9.17, 15) is 23.5 Å². The van der Waals surface area contributed by atoms with Crippen LogP contribution in [0.3, 0.4) is 0 Å². The van der Waals surface area contributed by atoms with Crippen molar-refractivity contribution in [2.45, 2.75) is 65.1 Å². The fourth-order valence-electron chi connectivity index (χ4n) is 6.51. The first-order valence-electron chi connectivity index (χ1n) is 12.7. The Morgan fingerprint density at radius 2 is 1.78 bits per heavy atom. The van der Waals surface area contributed by atoms with Crippen LogP contribution in [0.2, 0.25) is 0 Å². The van der Waals surface area contributed by atoms with Crippen molar-refractivity contribution in [3.8, 4) is 0 Å². The van der Waals surface area contributed by atoms with E-state index in [1.807, 2.05) is 0 Å². The summed E-state index contributed by atoms with van der Waals surface area (Å²) >= 11 is 0. The molecular weight excluding hydrogens is 464 g/mol. The molecule has 2 fully saturated rings. The van der Waals surface area contributed by atoms with Gasteiger partial charge in [-0.15, -0.1) is 0 Å². The van der Waals surface area contributed by atoms with Crippen LogP contribution in [0.1, 0.15) is 62.4 Å². The third kappa shape index (κ3) is 5.43. The smallest absolute Gasteiger partial charge is 0.251 e. The Balaban J connectivity index is 1.42. The maximum Gasteiger partial charge on any atom is 0.251 e. The average Bonchev–Trinajstić information content (AvgIpc) is 2.84. The highest BCUT2D eigenvalue weighted by molar-refractivity contribution is 5.94. The van der Waals surface area contributed by atoms with E-state index in [0.717, 1.165) is 31.7 Å². The molecule has 3 N–H and O–H groups in total. The van der Waals surface area contributed by atoms with Gasteiger partial charge in [0.25, 0.3) is 5.91 Å². The number of hydrogen-bond donors (Lipinski definition) is 3. The van der Waals surface area contributed by atoms with E-state index in [-0.39, 0.29) is 47.6 Å². The van der Waals surface area contributed by atoms with Crippen molar-refractivity contribution >= 4 is 11.8 Å².